The summed E-state index contributed by atoms with van der Waals surface area (Å²) in [6, 6.07) is 11.2. The third kappa shape index (κ3) is 3.25. The molecular weight excluding hydrogens is 264 g/mol. The molecule has 21 heavy (non-hydrogen) atoms. The lowest BCUT2D eigenvalue weighted by Gasteiger charge is -2.17. The van der Waals surface area contributed by atoms with Crippen LogP contribution in [0.25, 0.3) is 0 Å². The smallest absolute Gasteiger partial charge is 0.250 e. The fraction of sp³-hybridized carbons (Fsp3) is 0.188. The maximum atomic E-state index is 11.3. The molecule has 2 rings (SSSR count). The van der Waals surface area contributed by atoms with E-state index in [1.807, 2.05) is 32.3 Å². The summed E-state index contributed by atoms with van der Waals surface area (Å²) in [4.78, 5) is 13.4. The van der Waals surface area contributed by atoms with Gasteiger partial charge in [0.2, 0.25) is 0 Å². The topological polar surface area (TPSA) is 84.4 Å². The summed E-state index contributed by atoms with van der Waals surface area (Å²) >= 11 is 0. The summed E-state index contributed by atoms with van der Waals surface area (Å²) in [5.74, 6) is -0.533. The van der Waals surface area contributed by atoms with Gasteiger partial charge in [0.1, 0.15) is 0 Å². The Morgan fingerprint density at radius 1 is 1.10 bits per heavy atom. The molecule has 5 nitrogen and oxygen atoms in total. The van der Waals surface area contributed by atoms with E-state index in [0.717, 1.165) is 17.1 Å². The number of carbonyl (C=O) groups excluding carboxylic acids is 1. The van der Waals surface area contributed by atoms with Crippen molar-refractivity contribution in [1.29, 1.82) is 0 Å². The summed E-state index contributed by atoms with van der Waals surface area (Å²) in [7, 11) is 4.00. The van der Waals surface area contributed by atoms with Crippen LogP contribution in [0.5, 0.6) is 0 Å². The maximum absolute atomic E-state index is 11.3. The molecule has 5 N–H and O–H groups in total. The molecule has 0 radical (unpaired) electrons. The van der Waals surface area contributed by atoms with Crippen molar-refractivity contribution in [3.05, 3.63) is 47.5 Å². The molecule has 0 saturated heterocycles. The molecule has 110 valence electrons. The van der Waals surface area contributed by atoms with Gasteiger partial charge in [-0.2, -0.15) is 0 Å². The van der Waals surface area contributed by atoms with E-state index in [-0.39, 0.29) is 0 Å². The van der Waals surface area contributed by atoms with Gasteiger partial charge in [-0.1, -0.05) is 6.07 Å². The normalized spacial score (nSPS) is 10.2. The number of hydrogen-bond acceptors (Lipinski definition) is 4. The highest BCUT2D eigenvalue weighted by Gasteiger charge is 2.08. The Morgan fingerprint density at radius 3 is 2.33 bits per heavy atom. The number of anilines is 4. The Morgan fingerprint density at radius 2 is 1.71 bits per heavy atom. The highest BCUT2D eigenvalue weighted by Crippen LogP contribution is 2.26. The highest BCUT2D eigenvalue weighted by atomic mass is 16.1. The Balaban J connectivity index is 2.32. The van der Waals surface area contributed by atoms with Gasteiger partial charge in [0.05, 0.1) is 5.56 Å². The van der Waals surface area contributed by atoms with Crippen LogP contribution in [-0.4, -0.2) is 20.0 Å². The number of nitrogens with two attached hydrogens (primary N) is 2. The number of amides is 1. The van der Waals surface area contributed by atoms with Crippen LogP contribution in [0, 0.1) is 6.92 Å². The first-order chi connectivity index (χ1) is 9.88. The van der Waals surface area contributed by atoms with Crippen LogP contribution in [0.3, 0.4) is 0 Å². The molecule has 5 heteroatoms. The molecule has 0 fully saturated rings. The van der Waals surface area contributed by atoms with Gasteiger partial charge in [0, 0.05) is 36.8 Å². The molecule has 1 amide bonds. The molecule has 0 unspecified atom stereocenters. The first kappa shape index (κ1) is 14.7. The predicted molar refractivity (Wildman–Crippen MR) is 88.2 cm³/mol. The number of rotatable bonds is 4. The zero-order valence-electron chi connectivity index (χ0n) is 12.5. The zero-order valence-corrected chi connectivity index (χ0v) is 12.5. The number of hydrogen-bond donors (Lipinski definition) is 3. The number of primary amides is 1. The standard InChI is InChI=1S/C16H20N4O/c1-10-4-5-12(9-15(10)20(2)3)19-11-6-7-14(17)13(8-11)16(18)21/h4-9,19H,17H2,1-3H3,(H2,18,21). The monoisotopic (exact) mass is 284 g/mol. The van der Waals surface area contributed by atoms with E-state index >= 15 is 0 Å². The quantitative estimate of drug-likeness (QED) is 0.753. The minimum atomic E-state index is -0.533. The average molecular weight is 284 g/mol. The van der Waals surface area contributed by atoms with Crippen LogP contribution >= 0.6 is 0 Å². The average Bonchev–Trinajstić information content (AvgIpc) is 2.42. The predicted octanol–water partition coefficient (Wildman–Crippen LogP) is 2.49. The van der Waals surface area contributed by atoms with Gasteiger partial charge >= 0.3 is 0 Å². The van der Waals surface area contributed by atoms with Gasteiger partial charge in [-0.3, -0.25) is 4.79 Å². The molecule has 0 bridgehead atoms. The first-order valence-corrected chi connectivity index (χ1v) is 6.63. The summed E-state index contributed by atoms with van der Waals surface area (Å²) in [6.07, 6.45) is 0. The van der Waals surface area contributed by atoms with E-state index in [4.69, 9.17) is 11.5 Å². The van der Waals surface area contributed by atoms with Crippen molar-refractivity contribution in [1.82, 2.24) is 0 Å². The van der Waals surface area contributed by atoms with Crippen LogP contribution in [0.15, 0.2) is 36.4 Å². The molecular formula is C16H20N4O. The van der Waals surface area contributed by atoms with Crippen LogP contribution in [0.2, 0.25) is 0 Å². The number of nitrogens with zero attached hydrogens (tertiary/aromatic N) is 1. The van der Waals surface area contributed by atoms with E-state index in [9.17, 15) is 4.79 Å². The zero-order chi connectivity index (χ0) is 15.6. The van der Waals surface area contributed by atoms with Crippen LogP contribution in [0.1, 0.15) is 15.9 Å². The molecule has 0 aromatic heterocycles. The Bertz CT molecular complexity index is 680. The molecule has 0 aliphatic rings. The van der Waals surface area contributed by atoms with Crippen molar-refractivity contribution in [3.63, 3.8) is 0 Å². The third-order valence-electron chi connectivity index (χ3n) is 3.30. The van der Waals surface area contributed by atoms with E-state index in [1.54, 1.807) is 12.1 Å². The summed E-state index contributed by atoms with van der Waals surface area (Å²) in [5.41, 5.74) is 15.8. The largest absolute Gasteiger partial charge is 0.398 e. The van der Waals surface area contributed by atoms with Gasteiger partial charge in [-0.05, 0) is 42.8 Å². The Kier molecular flexibility index (Phi) is 4.03. The molecule has 0 aliphatic heterocycles. The second-order valence-corrected chi connectivity index (χ2v) is 5.19. The van der Waals surface area contributed by atoms with Crippen molar-refractivity contribution in [2.75, 3.05) is 30.0 Å². The number of benzene rings is 2. The van der Waals surface area contributed by atoms with Crippen molar-refractivity contribution < 1.29 is 4.79 Å². The number of nitrogens with one attached hydrogen (secondary N) is 1. The van der Waals surface area contributed by atoms with Crippen LogP contribution in [0.4, 0.5) is 22.7 Å². The van der Waals surface area contributed by atoms with Crippen molar-refractivity contribution >= 4 is 28.7 Å². The Hall–Kier alpha value is -2.69. The fourth-order valence-electron chi connectivity index (χ4n) is 2.18. The highest BCUT2D eigenvalue weighted by molar-refractivity contribution is 5.99. The van der Waals surface area contributed by atoms with E-state index in [0.29, 0.717) is 11.3 Å². The maximum Gasteiger partial charge on any atom is 0.250 e. The summed E-state index contributed by atoms with van der Waals surface area (Å²) in [6.45, 7) is 2.06. The molecule has 0 atom stereocenters. The number of carbonyl (C=O) groups is 1. The van der Waals surface area contributed by atoms with Crippen LogP contribution < -0.4 is 21.7 Å². The lowest BCUT2D eigenvalue weighted by Crippen LogP contribution is -2.13. The fourth-order valence-corrected chi connectivity index (χ4v) is 2.18. The Labute approximate surface area is 124 Å². The number of aryl methyl sites for hydroxylation is 1. The van der Waals surface area contributed by atoms with Crippen molar-refractivity contribution in [2.45, 2.75) is 6.92 Å². The molecule has 0 spiro atoms. The molecule has 0 heterocycles. The lowest BCUT2D eigenvalue weighted by molar-refractivity contribution is 0.100. The van der Waals surface area contributed by atoms with Gasteiger partial charge < -0.3 is 21.7 Å². The van der Waals surface area contributed by atoms with Crippen molar-refractivity contribution in [2.24, 2.45) is 5.73 Å². The first-order valence-electron chi connectivity index (χ1n) is 6.63. The third-order valence-corrected chi connectivity index (χ3v) is 3.30. The van der Waals surface area contributed by atoms with E-state index in [2.05, 4.69) is 23.2 Å². The molecule has 0 aliphatic carbocycles. The van der Waals surface area contributed by atoms with Crippen LogP contribution in [-0.2, 0) is 0 Å². The summed E-state index contributed by atoms with van der Waals surface area (Å²) < 4.78 is 0. The van der Waals surface area contributed by atoms with Gasteiger partial charge in [-0.15, -0.1) is 0 Å². The molecule has 2 aromatic carbocycles. The summed E-state index contributed by atoms with van der Waals surface area (Å²) in [5, 5.41) is 3.26. The SMILES string of the molecule is Cc1ccc(Nc2ccc(N)c(C(N)=O)c2)cc1N(C)C. The minimum absolute atomic E-state index is 0.319. The lowest BCUT2D eigenvalue weighted by atomic mass is 10.1. The second-order valence-electron chi connectivity index (χ2n) is 5.19. The van der Waals surface area contributed by atoms with Gasteiger partial charge in [0.25, 0.3) is 5.91 Å². The second kappa shape index (κ2) is 5.75. The minimum Gasteiger partial charge on any atom is -0.398 e. The van der Waals surface area contributed by atoms with Gasteiger partial charge in [-0.25, -0.2) is 0 Å². The number of nitrogen functional groups attached to an aromatic ring is 1. The van der Waals surface area contributed by atoms with Crippen molar-refractivity contribution in [3.8, 4) is 0 Å². The van der Waals surface area contributed by atoms with Gasteiger partial charge in [0.15, 0.2) is 0 Å². The van der Waals surface area contributed by atoms with E-state index in [1.165, 1.54) is 5.56 Å². The molecule has 2 aromatic rings. The van der Waals surface area contributed by atoms with E-state index < -0.39 is 5.91 Å². The molecule has 0 saturated carbocycles.